The number of thiophene rings is 1. The summed E-state index contributed by atoms with van der Waals surface area (Å²) in [6.07, 6.45) is 2.27. The van der Waals surface area contributed by atoms with Crippen LogP contribution in [0.1, 0.15) is 30.0 Å². The summed E-state index contributed by atoms with van der Waals surface area (Å²) < 4.78 is 0. The summed E-state index contributed by atoms with van der Waals surface area (Å²) >= 11 is 13.7. The van der Waals surface area contributed by atoms with Crippen LogP contribution in [0.5, 0.6) is 0 Å². The maximum Gasteiger partial charge on any atom is 0.236 e. The van der Waals surface area contributed by atoms with Crippen molar-refractivity contribution in [2.75, 3.05) is 20.1 Å². The number of benzene rings is 1. The number of nitrogens with zero attached hydrogens (tertiary/aromatic N) is 2. The third kappa shape index (κ3) is 4.12. The molecule has 24 heavy (non-hydrogen) atoms. The lowest BCUT2D eigenvalue weighted by Crippen LogP contribution is -2.37. The zero-order valence-electron chi connectivity index (χ0n) is 13.5. The zero-order valence-corrected chi connectivity index (χ0v) is 15.9. The van der Waals surface area contributed by atoms with Crippen molar-refractivity contribution in [2.45, 2.75) is 25.4 Å². The van der Waals surface area contributed by atoms with Crippen molar-refractivity contribution in [3.8, 4) is 0 Å². The summed E-state index contributed by atoms with van der Waals surface area (Å²) in [5.74, 6) is 0.128. The van der Waals surface area contributed by atoms with E-state index in [1.165, 1.54) is 5.56 Å². The second-order valence-corrected chi connectivity index (χ2v) is 7.78. The molecular formula is C18H20Cl2N2OS. The van der Waals surface area contributed by atoms with Crippen molar-refractivity contribution in [3.05, 3.63) is 56.2 Å². The molecule has 1 aliphatic heterocycles. The molecule has 1 amide bonds. The van der Waals surface area contributed by atoms with Crippen LogP contribution in [0.3, 0.4) is 0 Å². The molecule has 0 spiro atoms. The molecule has 1 atom stereocenters. The average molecular weight is 383 g/mol. The first kappa shape index (κ1) is 17.7. The van der Waals surface area contributed by atoms with Crippen molar-refractivity contribution in [2.24, 2.45) is 0 Å². The first-order valence-corrected chi connectivity index (χ1v) is 9.68. The van der Waals surface area contributed by atoms with Crippen LogP contribution in [0.15, 0.2) is 35.0 Å². The predicted octanol–water partition coefficient (Wildman–Crippen LogP) is 4.85. The fraction of sp³-hybridized carbons (Fsp3) is 0.389. The zero-order chi connectivity index (χ0) is 17.1. The number of carbonyl (C=O) groups is 1. The summed E-state index contributed by atoms with van der Waals surface area (Å²) in [5, 5.41) is 5.34. The third-order valence-corrected chi connectivity index (χ3v) is 5.90. The molecule has 1 aromatic carbocycles. The van der Waals surface area contributed by atoms with Gasteiger partial charge in [0.05, 0.1) is 16.6 Å². The van der Waals surface area contributed by atoms with E-state index in [9.17, 15) is 4.79 Å². The highest BCUT2D eigenvalue weighted by atomic mass is 35.5. The molecule has 0 saturated carbocycles. The second kappa shape index (κ2) is 7.87. The van der Waals surface area contributed by atoms with Crippen LogP contribution in [0.2, 0.25) is 10.0 Å². The van der Waals surface area contributed by atoms with Gasteiger partial charge in [-0.2, -0.15) is 11.3 Å². The number of likely N-dealkylation sites (tertiary alicyclic amines) is 1. The molecule has 3 nitrogen and oxygen atoms in total. The number of carbonyl (C=O) groups excluding carboxylic acids is 1. The number of rotatable bonds is 5. The van der Waals surface area contributed by atoms with E-state index in [0.717, 1.165) is 24.9 Å². The highest BCUT2D eigenvalue weighted by Gasteiger charge is 2.28. The van der Waals surface area contributed by atoms with Crippen LogP contribution in [0.4, 0.5) is 0 Å². The van der Waals surface area contributed by atoms with Gasteiger partial charge in [-0.25, -0.2) is 0 Å². The van der Waals surface area contributed by atoms with E-state index in [-0.39, 0.29) is 5.91 Å². The molecule has 2 aromatic rings. The average Bonchev–Trinajstić information content (AvgIpc) is 3.21. The Kier molecular flexibility index (Phi) is 5.82. The fourth-order valence-corrected chi connectivity index (χ4v) is 4.18. The molecule has 1 aliphatic rings. The quantitative estimate of drug-likeness (QED) is 0.737. The van der Waals surface area contributed by atoms with E-state index in [1.54, 1.807) is 22.3 Å². The van der Waals surface area contributed by atoms with Crippen LogP contribution in [-0.4, -0.2) is 35.8 Å². The number of likely N-dealkylation sites (N-methyl/N-ethyl adjacent to an activating group) is 1. The Morgan fingerprint density at radius 2 is 2.17 bits per heavy atom. The molecule has 0 aliphatic carbocycles. The normalized spacial score (nSPS) is 18.0. The molecule has 128 valence electrons. The van der Waals surface area contributed by atoms with E-state index in [1.807, 2.05) is 19.2 Å². The van der Waals surface area contributed by atoms with E-state index in [0.29, 0.717) is 29.2 Å². The second-order valence-electron chi connectivity index (χ2n) is 6.18. The minimum Gasteiger partial charge on any atom is -0.340 e. The van der Waals surface area contributed by atoms with Gasteiger partial charge < -0.3 is 4.90 Å². The summed E-state index contributed by atoms with van der Waals surface area (Å²) in [6.45, 7) is 1.97. The van der Waals surface area contributed by atoms with Crippen molar-refractivity contribution in [1.82, 2.24) is 9.80 Å². The fourth-order valence-electron chi connectivity index (χ4n) is 3.15. The largest absolute Gasteiger partial charge is 0.340 e. The van der Waals surface area contributed by atoms with Crippen LogP contribution >= 0.6 is 34.5 Å². The van der Waals surface area contributed by atoms with Gasteiger partial charge in [-0.15, -0.1) is 0 Å². The molecule has 0 radical (unpaired) electrons. The van der Waals surface area contributed by atoms with Gasteiger partial charge in [0.25, 0.3) is 0 Å². The summed E-state index contributed by atoms with van der Waals surface area (Å²) in [4.78, 5) is 16.6. The van der Waals surface area contributed by atoms with Crippen LogP contribution in [-0.2, 0) is 11.3 Å². The Morgan fingerprint density at radius 1 is 1.33 bits per heavy atom. The maximum atomic E-state index is 12.6. The van der Waals surface area contributed by atoms with Crippen LogP contribution in [0.25, 0.3) is 0 Å². The predicted molar refractivity (Wildman–Crippen MR) is 101 cm³/mol. The SMILES string of the molecule is CN(Cc1ccc(Cl)c(Cl)c1)C(=O)CN1CCCC1c1ccsc1. The van der Waals surface area contributed by atoms with Gasteiger partial charge in [0.15, 0.2) is 0 Å². The maximum absolute atomic E-state index is 12.6. The Hall–Kier alpha value is -1.07. The van der Waals surface area contributed by atoms with Gasteiger partial charge in [-0.05, 0) is 59.5 Å². The lowest BCUT2D eigenvalue weighted by molar-refractivity contribution is -0.131. The summed E-state index contributed by atoms with van der Waals surface area (Å²) in [7, 11) is 1.83. The van der Waals surface area contributed by atoms with Crippen molar-refractivity contribution in [1.29, 1.82) is 0 Å². The topological polar surface area (TPSA) is 23.6 Å². The highest BCUT2D eigenvalue weighted by Crippen LogP contribution is 2.32. The third-order valence-electron chi connectivity index (χ3n) is 4.46. The first-order chi connectivity index (χ1) is 11.5. The highest BCUT2D eigenvalue weighted by molar-refractivity contribution is 7.07. The molecule has 0 bridgehead atoms. The number of amides is 1. The standard InChI is InChI=1S/C18H20Cl2N2OS/c1-21(10-13-4-5-15(19)16(20)9-13)18(23)11-22-7-2-3-17(22)14-6-8-24-12-14/h4-6,8-9,12,17H,2-3,7,10-11H2,1H3. The molecule has 6 heteroatoms. The number of hydrogen-bond donors (Lipinski definition) is 0. The van der Waals surface area contributed by atoms with Gasteiger partial charge in [-0.1, -0.05) is 29.3 Å². The Balaban J connectivity index is 1.60. The van der Waals surface area contributed by atoms with E-state index in [2.05, 4.69) is 21.7 Å². The Labute approximate surface area is 156 Å². The van der Waals surface area contributed by atoms with E-state index >= 15 is 0 Å². The van der Waals surface area contributed by atoms with Crippen molar-refractivity contribution < 1.29 is 4.79 Å². The van der Waals surface area contributed by atoms with Gasteiger partial charge >= 0.3 is 0 Å². The van der Waals surface area contributed by atoms with Gasteiger partial charge in [0, 0.05) is 19.6 Å². The molecule has 1 aromatic heterocycles. The van der Waals surface area contributed by atoms with Gasteiger partial charge in [-0.3, -0.25) is 9.69 Å². The minimum atomic E-state index is 0.128. The lowest BCUT2D eigenvalue weighted by atomic mass is 10.1. The van der Waals surface area contributed by atoms with Crippen molar-refractivity contribution in [3.63, 3.8) is 0 Å². The van der Waals surface area contributed by atoms with Gasteiger partial charge in [0.1, 0.15) is 0 Å². The monoisotopic (exact) mass is 382 g/mol. The summed E-state index contributed by atoms with van der Waals surface area (Å²) in [5.41, 5.74) is 2.31. The van der Waals surface area contributed by atoms with E-state index in [4.69, 9.17) is 23.2 Å². The number of halogens is 2. The Morgan fingerprint density at radius 3 is 2.88 bits per heavy atom. The molecular weight excluding hydrogens is 363 g/mol. The minimum absolute atomic E-state index is 0.128. The number of hydrogen-bond acceptors (Lipinski definition) is 3. The molecule has 2 heterocycles. The van der Waals surface area contributed by atoms with Crippen LogP contribution in [0, 0.1) is 0 Å². The molecule has 1 fully saturated rings. The molecule has 3 rings (SSSR count). The van der Waals surface area contributed by atoms with Gasteiger partial charge in [0.2, 0.25) is 5.91 Å². The molecule has 0 N–H and O–H groups in total. The first-order valence-electron chi connectivity index (χ1n) is 7.98. The van der Waals surface area contributed by atoms with Crippen molar-refractivity contribution >= 4 is 40.4 Å². The lowest BCUT2D eigenvalue weighted by Gasteiger charge is -2.26. The van der Waals surface area contributed by atoms with Crippen LogP contribution < -0.4 is 0 Å². The molecule has 1 unspecified atom stereocenters. The smallest absolute Gasteiger partial charge is 0.236 e. The summed E-state index contributed by atoms with van der Waals surface area (Å²) in [6, 6.07) is 8.03. The molecule has 1 saturated heterocycles. The Bertz CT molecular complexity index is 705. The van der Waals surface area contributed by atoms with E-state index < -0.39 is 0 Å².